The van der Waals surface area contributed by atoms with Crippen molar-refractivity contribution in [2.45, 2.75) is 6.42 Å². The van der Waals surface area contributed by atoms with E-state index in [0.717, 1.165) is 6.42 Å². The number of likely N-dealkylation sites (tertiary alicyclic amines) is 1. The summed E-state index contributed by atoms with van der Waals surface area (Å²) in [5.41, 5.74) is 0. The van der Waals surface area contributed by atoms with E-state index in [-0.39, 0.29) is 42.0 Å². The number of terminal acetylenes is 1. The molecular weight excluding hydrogens is 190 g/mol. The Labute approximate surface area is 88.1 Å². The highest BCUT2D eigenvalue weighted by Gasteiger charge is 2.58. The fourth-order valence-electron chi connectivity index (χ4n) is 3.21. The van der Waals surface area contributed by atoms with Gasteiger partial charge in [-0.15, -0.1) is 6.42 Å². The second-order valence-electron chi connectivity index (χ2n) is 4.47. The van der Waals surface area contributed by atoms with Crippen LogP contribution in [0.5, 0.6) is 0 Å². The van der Waals surface area contributed by atoms with E-state index in [1.165, 1.54) is 4.90 Å². The van der Waals surface area contributed by atoms with Crippen molar-refractivity contribution in [2.75, 3.05) is 6.54 Å². The summed E-state index contributed by atoms with van der Waals surface area (Å²) in [6, 6.07) is 0. The molecule has 3 nitrogen and oxygen atoms in total. The lowest BCUT2D eigenvalue weighted by molar-refractivity contribution is -0.139. The number of carbonyl (C=O) groups excluding carboxylic acids is 2. The van der Waals surface area contributed by atoms with Crippen LogP contribution in [0.1, 0.15) is 6.42 Å². The average molecular weight is 201 g/mol. The van der Waals surface area contributed by atoms with Crippen molar-refractivity contribution in [2.24, 2.45) is 23.7 Å². The summed E-state index contributed by atoms with van der Waals surface area (Å²) in [6.45, 7) is 0.129. The van der Waals surface area contributed by atoms with Crippen molar-refractivity contribution in [1.29, 1.82) is 0 Å². The van der Waals surface area contributed by atoms with E-state index in [2.05, 4.69) is 18.1 Å². The van der Waals surface area contributed by atoms with Gasteiger partial charge in [0, 0.05) is 0 Å². The lowest BCUT2D eigenvalue weighted by Gasteiger charge is -2.14. The maximum Gasteiger partial charge on any atom is 0.234 e. The van der Waals surface area contributed by atoms with Gasteiger partial charge in [0.2, 0.25) is 11.8 Å². The van der Waals surface area contributed by atoms with Crippen LogP contribution in [0.25, 0.3) is 0 Å². The Hall–Kier alpha value is -1.56. The van der Waals surface area contributed by atoms with E-state index in [4.69, 9.17) is 6.42 Å². The first-order valence-corrected chi connectivity index (χ1v) is 5.21. The molecule has 0 spiro atoms. The number of rotatable bonds is 1. The quantitative estimate of drug-likeness (QED) is 0.350. The van der Waals surface area contributed by atoms with Gasteiger partial charge < -0.3 is 0 Å². The third-order valence-corrected chi connectivity index (χ3v) is 3.81. The zero-order valence-corrected chi connectivity index (χ0v) is 8.22. The van der Waals surface area contributed by atoms with Crippen molar-refractivity contribution in [3.05, 3.63) is 12.2 Å². The molecule has 4 atom stereocenters. The molecule has 3 heteroatoms. The van der Waals surface area contributed by atoms with Crippen LogP contribution in [0.4, 0.5) is 0 Å². The predicted molar refractivity (Wildman–Crippen MR) is 53.3 cm³/mol. The Bertz CT molecular complexity index is 388. The molecule has 3 rings (SSSR count). The monoisotopic (exact) mass is 201 g/mol. The predicted octanol–water partition coefficient (Wildman–Crippen LogP) is 0.427. The molecule has 1 heterocycles. The normalized spacial score (nSPS) is 41.1. The van der Waals surface area contributed by atoms with E-state index in [1.807, 2.05) is 0 Å². The minimum atomic E-state index is -0.110. The largest absolute Gasteiger partial charge is 0.274 e. The zero-order chi connectivity index (χ0) is 10.6. The number of carbonyl (C=O) groups is 2. The molecule has 2 bridgehead atoms. The fraction of sp³-hybridized carbons (Fsp3) is 0.500. The Morgan fingerprint density at radius 2 is 1.80 bits per heavy atom. The third-order valence-electron chi connectivity index (χ3n) is 3.81. The van der Waals surface area contributed by atoms with Gasteiger partial charge >= 0.3 is 0 Å². The van der Waals surface area contributed by atoms with Gasteiger partial charge in [0.15, 0.2) is 0 Å². The summed E-state index contributed by atoms with van der Waals surface area (Å²) >= 11 is 0. The molecule has 2 fully saturated rings. The van der Waals surface area contributed by atoms with Crippen LogP contribution in [0, 0.1) is 36.0 Å². The fourth-order valence-corrected chi connectivity index (χ4v) is 3.21. The zero-order valence-electron chi connectivity index (χ0n) is 8.22. The summed E-state index contributed by atoms with van der Waals surface area (Å²) in [6.07, 6.45) is 10.3. The standard InChI is InChI=1S/C12H11NO2/c1-2-5-13-11(14)9-7-3-4-8(6-7)10(9)12(13)15/h1,3-4,7-10H,5-6H2/t7-,8-,9-,10-/m0/s1. The molecule has 1 saturated heterocycles. The number of amides is 2. The molecule has 1 saturated carbocycles. The molecule has 15 heavy (non-hydrogen) atoms. The third kappa shape index (κ3) is 0.918. The Kier molecular flexibility index (Phi) is 1.59. The number of fused-ring (bicyclic) bond motifs is 5. The molecular formula is C12H11NO2. The summed E-state index contributed by atoms with van der Waals surface area (Å²) in [5, 5.41) is 0. The number of hydrogen-bond acceptors (Lipinski definition) is 2. The van der Waals surface area contributed by atoms with Gasteiger partial charge in [-0.05, 0) is 18.3 Å². The molecule has 1 aliphatic heterocycles. The van der Waals surface area contributed by atoms with E-state index in [0.29, 0.717) is 0 Å². The summed E-state index contributed by atoms with van der Waals surface area (Å²) in [7, 11) is 0. The van der Waals surface area contributed by atoms with Gasteiger partial charge in [-0.1, -0.05) is 18.1 Å². The Balaban J connectivity index is 1.97. The Morgan fingerprint density at radius 3 is 2.27 bits per heavy atom. The number of hydrogen-bond donors (Lipinski definition) is 0. The van der Waals surface area contributed by atoms with Gasteiger partial charge in [-0.25, -0.2) is 0 Å². The molecule has 0 aromatic heterocycles. The molecule has 0 radical (unpaired) electrons. The van der Waals surface area contributed by atoms with Crippen molar-refractivity contribution < 1.29 is 9.59 Å². The molecule has 2 aliphatic carbocycles. The highest BCUT2D eigenvalue weighted by Crippen LogP contribution is 2.52. The number of allylic oxidation sites excluding steroid dienone is 2. The minimum absolute atomic E-state index is 0.0557. The van der Waals surface area contributed by atoms with Gasteiger partial charge in [-0.2, -0.15) is 0 Å². The molecule has 2 amide bonds. The van der Waals surface area contributed by atoms with Crippen LogP contribution in [0.15, 0.2) is 12.2 Å². The number of imide groups is 1. The Morgan fingerprint density at radius 1 is 1.27 bits per heavy atom. The van der Waals surface area contributed by atoms with E-state index in [9.17, 15) is 9.59 Å². The van der Waals surface area contributed by atoms with Gasteiger partial charge in [0.1, 0.15) is 0 Å². The van der Waals surface area contributed by atoms with E-state index < -0.39 is 0 Å². The molecule has 3 aliphatic rings. The van der Waals surface area contributed by atoms with Gasteiger partial charge in [-0.3, -0.25) is 14.5 Å². The molecule has 0 unspecified atom stereocenters. The van der Waals surface area contributed by atoms with E-state index >= 15 is 0 Å². The van der Waals surface area contributed by atoms with Crippen LogP contribution in [0.3, 0.4) is 0 Å². The maximum atomic E-state index is 12.0. The SMILES string of the molecule is C#CCN1C(=O)[C@@H]2[C@@H](C1=O)[C@H]1C=C[C@H]2C1. The highest BCUT2D eigenvalue weighted by molar-refractivity contribution is 6.06. The van der Waals surface area contributed by atoms with Crippen molar-refractivity contribution in [3.63, 3.8) is 0 Å². The highest BCUT2D eigenvalue weighted by atomic mass is 16.2. The van der Waals surface area contributed by atoms with E-state index in [1.54, 1.807) is 0 Å². The molecule has 0 N–H and O–H groups in total. The molecule has 0 aromatic rings. The molecule has 0 aromatic carbocycles. The minimum Gasteiger partial charge on any atom is -0.274 e. The van der Waals surface area contributed by atoms with Crippen LogP contribution in [-0.2, 0) is 9.59 Å². The van der Waals surface area contributed by atoms with Crippen molar-refractivity contribution in [1.82, 2.24) is 4.90 Å². The topological polar surface area (TPSA) is 37.4 Å². The summed E-state index contributed by atoms with van der Waals surface area (Å²) < 4.78 is 0. The second kappa shape index (κ2) is 2.73. The maximum absolute atomic E-state index is 12.0. The number of nitrogens with zero attached hydrogens (tertiary/aromatic N) is 1. The second-order valence-corrected chi connectivity index (χ2v) is 4.47. The van der Waals surface area contributed by atoms with Gasteiger partial charge in [0.05, 0.1) is 18.4 Å². The summed E-state index contributed by atoms with van der Waals surface area (Å²) in [4.78, 5) is 25.2. The van der Waals surface area contributed by atoms with Crippen LogP contribution < -0.4 is 0 Å². The average Bonchev–Trinajstić information content (AvgIpc) is 2.87. The van der Waals surface area contributed by atoms with Crippen molar-refractivity contribution >= 4 is 11.8 Å². The summed E-state index contributed by atoms with van der Waals surface area (Å²) in [5.74, 6) is 2.60. The first-order valence-electron chi connectivity index (χ1n) is 5.21. The van der Waals surface area contributed by atoms with Gasteiger partial charge in [0.25, 0.3) is 0 Å². The van der Waals surface area contributed by atoms with Crippen molar-refractivity contribution in [3.8, 4) is 12.3 Å². The van der Waals surface area contributed by atoms with Crippen LogP contribution >= 0.6 is 0 Å². The van der Waals surface area contributed by atoms with Crippen LogP contribution in [0.2, 0.25) is 0 Å². The first kappa shape index (κ1) is 8.72. The first-order chi connectivity index (χ1) is 7.24. The van der Waals surface area contributed by atoms with Crippen LogP contribution in [-0.4, -0.2) is 23.3 Å². The lowest BCUT2D eigenvalue weighted by Crippen LogP contribution is -2.33. The molecule has 76 valence electrons. The lowest BCUT2D eigenvalue weighted by atomic mass is 9.85. The smallest absolute Gasteiger partial charge is 0.234 e.